The molecule has 0 aliphatic carbocycles. The average molecular weight is 226 g/mol. The van der Waals surface area contributed by atoms with Crippen molar-refractivity contribution in [3.63, 3.8) is 0 Å². The van der Waals surface area contributed by atoms with Gasteiger partial charge in [0.2, 0.25) is 0 Å². The molecule has 2 fully saturated rings. The maximum absolute atomic E-state index is 5.65. The Bertz CT molecular complexity index is 227. The number of ether oxygens (including phenoxy) is 4. The first-order chi connectivity index (χ1) is 7.86. The summed E-state index contributed by atoms with van der Waals surface area (Å²) in [6, 6.07) is 0. The first-order valence-corrected chi connectivity index (χ1v) is 5.55. The van der Waals surface area contributed by atoms with E-state index in [1.165, 1.54) is 0 Å². The van der Waals surface area contributed by atoms with Crippen LogP contribution >= 0.6 is 0 Å². The molecule has 0 N–H and O–H groups in total. The topological polar surface area (TPSA) is 36.9 Å². The highest BCUT2D eigenvalue weighted by Gasteiger charge is 2.48. The second kappa shape index (κ2) is 5.59. The van der Waals surface area contributed by atoms with Crippen molar-refractivity contribution in [2.45, 2.75) is 24.4 Å². The molecule has 16 heavy (non-hydrogen) atoms. The Labute approximate surface area is 95.8 Å². The van der Waals surface area contributed by atoms with Crippen molar-refractivity contribution in [3.05, 3.63) is 25.3 Å². The summed E-state index contributed by atoms with van der Waals surface area (Å²) in [6.07, 6.45) is 3.45. The van der Waals surface area contributed by atoms with Crippen molar-refractivity contribution >= 4 is 0 Å². The molecule has 0 saturated carbocycles. The molecule has 0 aromatic rings. The normalized spacial score (nSPS) is 37.2. The largest absolute Gasteiger partial charge is 0.370 e. The Morgan fingerprint density at radius 2 is 1.38 bits per heavy atom. The van der Waals surface area contributed by atoms with E-state index in [1.54, 1.807) is 12.2 Å². The van der Waals surface area contributed by atoms with Gasteiger partial charge in [-0.2, -0.15) is 0 Å². The molecule has 4 nitrogen and oxygen atoms in total. The summed E-state index contributed by atoms with van der Waals surface area (Å²) in [5, 5.41) is 0. The minimum absolute atomic E-state index is 0.000307. The predicted octanol–water partition coefficient (Wildman–Crippen LogP) is 0.926. The fraction of sp³-hybridized carbons (Fsp3) is 0.667. The Hall–Kier alpha value is -0.680. The first kappa shape index (κ1) is 11.8. The van der Waals surface area contributed by atoms with E-state index in [0.29, 0.717) is 26.4 Å². The van der Waals surface area contributed by atoms with Crippen LogP contribution in [-0.4, -0.2) is 50.8 Å². The zero-order valence-corrected chi connectivity index (χ0v) is 9.34. The number of hydrogen-bond acceptors (Lipinski definition) is 4. The lowest BCUT2D eigenvalue weighted by Crippen LogP contribution is -2.34. The third-order valence-corrected chi connectivity index (χ3v) is 2.82. The summed E-state index contributed by atoms with van der Waals surface area (Å²) in [4.78, 5) is 0. The first-order valence-electron chi connectivity index (χ1n) is 5.55. The van der Waals surface area contributed by atoms with Crippen LogP contribution in [0.5, 0.6) is 0 Å². The summed E-state index contributed by atoms with van der Waals surface area (Å²) < 4.78 is 22.5. The zero-order chi connectivity index (χ0) is 11.4. The molecular weight excluding hydrogens is 208 g/mol. The van der Waals surface area contributed by atoms with Gasteiger partial charge in [0.05, 0.1) is 26.4 Å². The molecule has 2 rings (SSSR count). The van der Waals surface area contributed by atoms with Crippen molar-refractivity contribution < 1.29 is 18.9 Å². The molecule has 1 unspecified atom stereocenters. The van der Waals surface area contributed by atoms with E-state index >= 15 is 0 Å². The van der Waals surface area contributed by atoms with Crippen molar-refractivity contribution in [1.29, 1.82) is 0 Å². The molecule has 0 amide bonds. The van der Waals surface area contributed by atoms with Gasteiger partial charge in [-0.25, -0.2) is 0 Å². The summed E-state index contributed by atoms with van der Waals surface area (Å²) in [5.41, 5.74) is 0. The number of rotatable bonds is 6. The lowest BCUT2D eigenvalue weighted by Gasteiger charge is -2.16. The molecule has 2 saturated heterocycles. The van der Waals surface area contributed by atoms with Crippen molar-refractivity contribution in [2.24, 2.45) is 0 Å². The lowest BCUT2D eigenvalue weighted by molar-refractivity contribution is -0.0402. The van der Waals surface area contributed by atoms with E-state index in [1.807, 2.05) is 0 Å². The third kappa shape index (κ3) is 2.35. The molecule has 2 heterocycles. The van der Waals surface area contributed by atoms with E-state index in [4.69, 9.17) is 18.9 Å². The van der Waals surface area contributed by atoms with E-state index in [-0.39, 0.29) is 24.4 Å². The van der Waals surface area contributed by atoms with Gasteiger partial charge in [0.15, 0.2) is 0 Å². The molecule has 0 spiro atoms. The molecule has 0 bridgehead atoms. The Morgan fingerprint density at radius 3 is 1.75 bits per heavy atom. The van der Waals surface area contributed by atoms with E-state index in [9.17, 15) is 0 Å². The van der Waals surface area contributed by atoms with E-state index < -0.39 is 0 Å². The van der Waals surface area contributed by atoms with Crippen LogP contribution in [0.15, 0.2) is 25.3 Å². The standard InChI is InChI=1S/C12H18O4/c1-3-5-13-9-7-15-12-10(14-6-4-2)8-16-11(9)12/h3-4,9-12H,1-2,5-8H2/t9-,10?,11+,12+/m0/s1. The molecule has 4 atom stereocenters. The van der Waals surface area contributed by atoms with Gasteiger partial charge in [0.25, 0.3) is 0 Å². The van der Waals surface area contributed by atoms with Gasteiger partial charge >= 0.3 is 0 Å². The van der Waals surface area contributed by atoms with Crippen molar-refractivity contribution in [1.82, 2.24) is 0 Å². The van der Waals surface area contributed by atoms with Crippen LogP contribution in [0.1, 0.15) is 0 Å². The fourth-order valence-corrected chi connectivity index (χ4v) is 2.10. The summed E-state index contributed by atoms with van der Waals surface area (Å²) >= 11 is 0. The van der Waals surface area contributed by atoms with Gasteiger partial charge in [0, 0.05) is 0 Å². The van der Waals surface area contributed by atoms with Crippen LogP contribution in [0.25, 0.3) is 0 Å². The maximum Gasteiger partial charge on any atom is 0.115 e. The second-order valence-electron chi connectivity index (χ2n) is 3.92. The highest BCUT2D eigenvalue weighted by molar-refractivity contribution is 4.96. The molecule has 2 aliphatic rings. The predicted molar refractivity (Wildman–Crippen MR) is 59.4 cm³/mol. The Morgan fingerprint density at radius 1 is 0.938 bits per heavy atom. The van der Waals surface area contributed by atoms with Gasteiger partial charge in [-0.05, 0) is 0 Å². The molecule has 0 aromatic heterocycles. The van der Waals surface area contributed by atoms with Gasteiger partial charge in [-0.1, -0.05) is 12.2 Å². The highest BCUT2D eigenvalue weighted by Crippen LogP contribution is 2.30. The molecular formula is C12H18O4. The van der Waals surface area contributed by atoms with Crippen molar-refractivity contribution in [2.75, 3.05) is 26.4 Å². The molecule has 4 heteroatoms. The SMILES string of the molecule is C=CCOC1CO[C@@H]2[C@@H](OCC=C)CO[C@H]12. The minimum Gasteiger partial charge on any atom is -0.370 e. The van der Waals surface area contributed by atoms with Crippen LogP contribution in [0.3, 0.4) is 0 Å². The monoisotopic (exact) mass is 226 g/mol. The van der Waals surface area contributed by atoms with Gasteiger partial charge in [0.1, 0.15) is 24.4 Å². The average Bonchev–Trinajstić information content (AvgIpc) is 2.86. The number of fused-ring (bicyclic) bond motifs is 1. The second-order valence-corrected chi connectivity index (χ2v) is 3.92. The zero-order valence-electron chi connectivity index (χ0n) is 9.34. The van der Waals surface area contributed by atoms with Gasteiger partial charge < -0.3 is 18.9 Å². The Balaban J connectivity index is 1.85. The molecule has 2 aliphatic heterocycles. The smallest absolute Gasteiger partial charge is 0.115 e. The summed E-state index contributed by atoms with van der Waals surface area (Å²) in [7, 11) is 0. The quantitative estimate of drug-likeness (QED) is 0.631. The summed E-state index contributed by atoms with van der Waals surface area (Å²) in [6.45, 7) is 9.43. The van der Waals surface area contributed by atoms with Crippen LogP contribution in [-0.2, 0) is 18.9 Å². The fourth-order valence-electron chi connectivity index (χ4n) is 2.10. The molecule has 0 aromatic carbocycles. The minimum atomic E-state index is -0.00485. The lowest BCUT2D eigenvalue weighted by atomic mass is 10.1. The van der Waals surface area contributed by atoms with Crippen LogP contribution < -0.4 is 0 Å². The van der Waals surface area contributed by atoms with Gasteiger partial charge in [-0.15, -0.1) is 13.2 Å². The van der Waals surface area contributed by atoms with E-state index in [0.717, 1.165) is 0 Å². The molecule has 90 valence electrons. The molecule has 0 radical (unpaired) electrons. The van der Waals surface area contributed by atoms with Crippen LogP contribution in [0, 0.1) is 0 Å². The van der Waals surface area contributed by atoms with Gasteiger partial charge in [-0.3, -0.25) is 0 Å². The van der Waals surface area contributed by atoms with Crippen LogP contribution in [0.2, 0.25) is 0 Å². The summed E-state index contributed by atoms with van der Waals surface area (Å²) in [5.74, 6) is 0. The van der Waals surface area contributed by atoms with Crippen LogP contribution in [0.4, 0.5) is 0 Å². The Kier molecular flexibility index (Phi) is 4.12. The maximum atomic E-state index is 5.65. The number of hydrogen-bond donors (Lipinski definition) is 0. The third-order valence-electron chi connectivity index (χ3n) is 2.82. The van der Waals surface area contributed by atoms with Crippen molar-refractivity contribution in [3.8, 4) is 0 Å². The highest BCUT2D eigenvalue weighted by atomic mass is 16.6. The van der Waals surface area contributed by atoms with E-state index in [2.05, 4.69) is 13.2 Å².